The Bertz CT molecular complexity index is 637. The number of methoxy groups -OCH3 is 1. The predicted molar refractivity (Wildman–Crippen MR) is 86.5 cm³/mol. The van der Waals surface area contributed by atoms with Gasteiger partial charge in [0.15, 0.2) is 0 Å². The number of rotatable bonds is 6. The molecule has 0 aliphatic rings. The first-order valence-corrected chi connectivity index (χ1v) is 7.78. The Balaban J connectivity index is 1.88. The molecule has 0 aliphatic heterocycles. The summed E-state index contributed by atoms with van der Waals surface area (Å²) in [7, 11) is 1.36. The summed E-state index contributed by atoms with van der Waals surface area (Å²) in [6, 6.07) is 13.7. The van der Waals surface area contributed by atoms with Crippen LogP contribution >= 0.6 is 11.8 Å². The number of anilines is 1. The topological polar surface area (TPSA) is 55.4 Å². The van der Waals surface area contributed by atoms with Crippen LogP contribution in [0, 0.1) is 0 Å². The fraction of sp³-hybridized carbons (Fsp3) is 0.250. The SMILES string of the molecule is COC(=O)CSCCC(=O)Nc1cccc2ccccc12. The van der Waals surface area contributed by atoms with Gasteiger partial charge in [0.1, 0.15) is 0 Å². The number of fused-ring (bicyclic) bond motifs is 1. The van der Waals surface area contributed by atoms with Crippen molar-refractivity contribution in [3.8, 4) is 0 Å². The lowest BCUT2D eigenvalue weighted by Crippen LogP contribution is -2.13. The van der Waals surface area contributed by atoms with Crippen molar-refractivity contribution >= 4 is 40.1 Å². The van der Waals surface area contributed by atoms with Crippen molar-refractivity contribution in [1.82, 2.24) is 0 Å². The van der Waals surface area contributed by atoms with E-state index in [1.807, 2.05) is 42.5 Å². The molecule has 0 bridgehead atoms. The van der Waals surface area contributed by atoms with Crippen molar-refractivity contribution in [3.05, 3.63) is 42.5 Å². The molecule has 2 rings (SSSR count). The van der Waals surface area contributed by atoms with Gasteiger partial charge in [0.2, 0.25) is 5.91 Å². The Morgan fingerprint density at radius 1 is 1.14 bits per heavy atom. The van der Waals surface area contributed by atoms with Crippen LogP contribution in [-0.4, -0.2) is 30.5 Å². The average molecular weight is 303 g/mol. The molecule has 21 heavy (non-hydrogen) atoms. The Morgan fingerprint density at radius 2 is 1.90 bits per heavy atom. The summed E-state index contributed by atoms with van der Waals surface area (Å²) in [5.41, 5.74) is 0.816. The molecule has 0 heterocycles. The quantitative estimate of drug-likeness (QED) is 0.658. The van der Waals surface area contributed by atoms with E-state index in [0.29, 0.717) is 12.2 Å². The van der Waals surface area contributed by atoms with Crippen molar-refractivity contribution in [2.45, 2.75) is 6.42 Å². The number of hydrogen-bond acceptors (Lipinski definition) is 4. The van der Waals surface area contributed by atoms with Gasteiger partial charge in [-0.2, -0.15) is 0 Å². The van der Waals surface area contributed by atoms with Gasteiger partial charge in [-0.05, 0) is 11.5 Å². The van der Waals surface area contributed by atoms with E-state index < -0.39 is 0 Å². The summed E-state index contributed by atoms with van der Waals surface area (Å²) in [5, 5.41) is 5.04. The van der Waals surface area contributed by atoms with E-state index >= 15 is 0 Å². The van der Waals surface area contributed by atoms with Gasteiger partial charge in [-0.25, -0.2) is 0 Å². The van der Waals surface area contributed by atoms with E-state index in [1.165, 1.54) is 18.9 Å². The minimum absolute atomic E-state index is 0.0521. The molecule has 0 radical (unpaired) electrons. The maximum Gasteiger partial charge on any atom is 0.315 e. The predicted octanol–water partition coefficient (Wildman–Crippen LogP) is 3.07. The van der Waals surface area contributed by atoms with E-state index in [-0.39, 0.29) is 17.6 Å². The van der Waals surface area contributed by atoms with Gasteiger partial charge in [0, 0.05) is 23.2 Å². The molecule has 0 aromatic heterocycles. The summed E-state index contributed by atoms with van der Waals surface area (Å²) >= 11 is 1.39. The zero-order valence-electron chi connectivity index (χ0n) is 11.8. The van der Waals surface area contributed by atoms with Crippen LogP contribution in [0.25, 0.3) is 10.8 Å². The van der Waals surface area contributed by atoms with Gasteiger partial charge in [-0.15, -0.1) is 11.8 Å². The molecule has 0 saturated carbocycles. The maximum absolute atomic E-state index is 11.9. The van der Waals surface area contributed by atoms with Crippen LogP contribution in [0.4, 0.5) is 5.69 Å². The van der Waals surface area contributed by atoms with Crippen molar-refractivity contribution in [3.63, 3.8) is 0 Å². The number of thioether (sulfide) groups is 1. The van der Waals surface area contributed by atoms with Gasteiger partial charge < -0.3 is 10.1 Å². The van der Waals surface area contributed by atoms with Gasteiger partial charge in [0.25, 0.3) is 0 Å². The number of hydrogen-bond donors (Lipinski definition) is 1. The monoisotopic (exact) mass is 303 g/mol. The number of carbonyl (C=O) groups is 2. The fourth-order valence-corrected chi connectivity index (χ4v) is 2.68. The van der Waals surface area contributed by atoms with E-state index in [2.05, 4.69) is 10.1 Å². The molecule has 2 aromatic carbocycles. The second-order valence-electron chi connectivity index (χ2n) is 4.45. The highest BCUT2D eigenvalue weighted by atomic mass is 32.2. The summed E-state index contributed by atoms with van der Waals surface area (Å²) in [6.45, 7) is 0. The van der Waals surface area contributed by atoms with Gasteiger partial charge >= 0.3 is 5.97 Å². The first kappa shape index (κ1) is 15.4. The number of amides is 1. The largest absolute Gasteiger partial charge is 0.468 e. The summed E-state index contributed by atoms with van der Waals surface area (Å²) in [4.78, 5) is 22.9. The third kappa shape index (κ3) is 4.49. The van der Waals surface area contributed by atoms with Crippen LogP contribution in [0.15, 0.2) is 42.5 Å². The molecule has 5 heteroatoms. The molecule has 0 spiro atoms. The summed E-state index contributed by atoms with van der Waals surface area (Å²) < 4.78 is 4.54. The second kappa shape index (κ2) is 7.69. The molecule has 0 saturated heterocycles. The third-order valence-electron chi connectivity index (χ3n) is 2.98. The highest BCUT2D eigenvalue weighted by molar-refractivity contribution is 7.99. The second-order valence-corrected chi connectivity index (χ2v) is 5.56. The number of carbonyl (C=O) groups excluding carboxylic acids is 2. The number of nitrogens with one attached hydrogen (secondary N) is 1. The van der Waals surface area contributed by atoms with E-state index in [0.717, 1.165) is 16.5 Å². The first-order valence-electron chi connectivity index (χ1n) is 6.63. The number of esters is 1. The van der Waals surface area contributed by atoms with Crippen molar-refractivity contribution < 1.29 is 14.3 Å². The summed E-state index contributed by atoms with van der Waals surface area (Å²) in [6.07, 6.45) is 0.366. The Kier molecular flexibility index (Phi) is 5.63. The van der Waals surface area contributed by atoms with Crippen LogP contribution < -0.4 is 5.32 Å². The van der Waals surface area contributed by atoms with Gasteiger partial charge in [-0.3, -0.25) is 9.59 Å². The highest BCUT2D eigenvalue weighted by Gasteiger charge is 2.06. The summed E-state index contributed by atoms with van der Waals surface area (Å²) in [5.74, 6) is 0.544. The maximum atomic E-state index is 11.9. The molecule has 0 unspecified atom stereocenters. The molecular weight excluding hydrogens is 286 g/mol. The number of ether oxygens (including phenoxy) is 1. The molecule has 1 N–H and O–H groups in total. The van der Waals surface area contributed by atoms with Crippen LogP contribution in [0.2, 0.25) is 0 Å². The van der Waals surface area contributed by atoms with E-state index in [1.54, 1.807) is 0 Å². The molecular formula is C16H17NO3S. The molecule has 0 atom stereocenters. The molecule has 1 amide bonds. The lowest BCUT2D eigenvalue weighted by atomic mass is 10.1. The first-order chi connectivity index (χ1) is 10.2. The average Bonchev–Trinajstić information content (AvgIpc) is 2.51. The molecule has 0 fully saturated rings. The smallest absolute Gasteiger partial charge is 0.315 e. The van der Waals surface area contributed by atoms with Crippen LogP contribution in [0.1, 0.15) is 6.42 Å². The molecule has 110 valence electrons. The molecule has 0 aliphatic carbocycles. The number of benzene rings is 2. The molecule has 4 nitrogen and oxygen atoms in total. The normalized spacial score (nSPS) is 10.3. The zero-order valence-corrected chi connectivity index (χ0v) is 12.6. The molecule has 2 aromatic rings. The third-order valence-corrected chi connectivity index (χ3v) is 3.92. The van der Waals surface area contributed by atoms with Crippen LogP contribution in [-0.2, 0) is 14.3 Å². The van der Waals surface area contributed by atoms with Crippen LogP contribution in [0.3, 0.4) is 0 Å². The standard InChI is InChI=1S/C16H17NO3S/c1-20-16(19)11-21-10-9-15(18)17-14-8-4-6-12-5-2-3-7-13(12)14/h2-8H,9-11H2,1H3,(H,17,18). The van der Waals surface area contributed by atoms with E-state index in [9.17, 15) is 9.59 Å². The Hall–Kier alpha value is -2.01. The lowest BCUT2D eigenvalue weighted by Gasteiger charge is -2.08. The van der Waals surface area contributed by atoms with Crippen molar-refractivity contribution in [1.29, 1.82) is 0 Å². The van der Waals surface area contributed by atoms with Crippen LogP contribution in [0.5, 0.6) is 0 Å². The van der Waals surface area contributed by atoms with Gasteiger partial charge in [-0.1, -0.05) is 36.4 Å². The lowest BCUT2D eigenvalue weighted by molar-refractivity contribution is -0.137. The minimum atomic E-state index is -0.269. The highest BCUT2D eigenvalue weighted by Crippen LogP contribution is 2.23. The fourth-order valence-electron chi connectivity index (χ4n) is 1.93. The van der Waals surface area contributed by atoms with Gasteiger partial charge in [0.05, 0.1) is 12.9 Å². The zero-order chi connectivity index (χ0) is 15.1. The van der Waals surface area contributed by atoms with E-state index in [4.69, 9.17) is 0 Å². The Labute approximate surface area is 127 Å². The minimum Gasteiger partial charge on any atom is -0.468 e. The van der Waals surface area contributed by atoms with Crippen molar-refractivity contribution in [2.75, 3.05) is 23.9 Å². The Morgan fingerprint density at radius 3 is 2.71 bits per heavy atom. The van der Waals surface area contributed by atoms with Crippen molar-refractivity contribution in [2.24, 2.45) is 0 Å².